The van der Waals surface area contributed by atoms with Gasteiger partial charge in [0.1, 0.15) is 10.7 Å². The number of halogens is 1. The minimum Gasteiger partial charge on any atom is -0.351 e. The second-order valence-electron chi connectivity index (χ2n) is 6.87. The lowest BCUT2D eigenvalue weighted by Crippen LogP contribution is -2.24. The molecule has 4 rings (SSSR count). The van der Waals surface area contributed by atoms with E-state index in [2.05, 4.69) is 15.2 Å². The highest BCUT2D eigenvalue weighted by Gasteiger charge is 2.31. The second kappa shape index (κ2) is 7.68. The van der Waals surface area contributed by atoms with Crippen LogP contribution in [0.25, 0.3) is 0 Å². The third-order valence-electron chi connectivity index (χ3n) is 4.88. The van der Waals surface area contributed by atoms with Gasteiger partial charge in [0, 0.05) is 22.4 Å². The number of rotatable bonds is 5. The van der Waals surface area contributed by atoms with Crippen molar-refractivity contribution in [3.8, 4) is 0 Å². The Hall–Kier alpha value is -3.43. The van der Waals surface area contributed by atoms with Crippen LogP contribution in [0.1, 0.15) is 32.0 Å². The number of carbonyl (C=O) groups excluding carboxylic acids is 2. The Balaban J connectivity index is 1.58. The highest BCUT2D eigenvalue weighted by Crippen LogP contribution is 2.30. The van der Waals surface area contributed by atoms with E-state index in [0.717, 1.165) is 0 Å². The van der Waals surface area contributed by atoms with Gasteiger partial charge in [-0.15, -0.1) is 0 Å². The fraction of sp³-hybridized carbons (Fsp3) is 0.0952. The monoisotopic (exact) mass is 457 g/mol. The Morgan fingerprint density at radius 1 is 0.935 bits per heavy atom. The summed E-state index contributed by atoms with van der Waals surface area (Å²) in [6, 6.07) is 12.0. The quantitative estimate of drug-likeness (QED) is 0.593. The number of aromatic nitrogens is 1. The lowest BCUT2D eigenvalue weighted by Gasteiger charge is -2.19. The first-order valence-corrected chi connectivity index (χ1v) is 11.0. The van der Waals surface area contributed by atoms with Crippen LogP contribution in [0.5, 0.6) is 0 Å². The molecule has 3 aromatic rings. The van der Waals surface area contributed by atoms with E-state index in [-0.39, 0.29) is 32.6 Å². The highest BCUT2D eigenvalue weighted by atomic mass is 35.5. The van der Waals surface area contributed by atoms with Crippen molar-refractivity contribution in [1.29, 1.82) is 0 Å². The van der Waals surface area contributed by atoms with E-state index >= 15 is 0 Å². The van der Waals surface area contributed by atoms with Crippen LogP contribution in [-0.2, 0) is 10.0 Å². The maximum atomic E-state index is 12.8. The molecule has 0 saturated heterocycles. The molecule has 0 radical (unpaired) electrons. The molecule has 1 heterocycles. The molecule has 158 valence electrons. The SMILES string of the molecule is Cc1noc(NS(=O)(=O)c2ccc(NC3=C(Cl)C(=O)c4ccccc4C3=O)cc2)c1C. The van der Waals surface area contributed by atoms with E-state index in [0.29, 0.717) is 16.9 Å². The van der Waals surface area contributed by atoms with E-state index in [1.54, 1.807) is 38.1 Å². The van der Waals surface area contributed by atoms with Crippen molar-refractivity contribution >= 4 is 44.8 Å². The number of ketones is 2. The largest absolute Gasteiger partial charge is 0.351 e. The molecule has 31 heavy (non-hydrogen) atoms. The average molecular weight is 458 g/mol. The third-order valence-corrected chi connectivity index (χ3v) is 6.59. The lowest BCUT2D eigenvalue weighted by atomic mass is 9.92. The molecular formula is C21H16ClN3O5S. The Morgan fingerprint density at radius 2 is 1.55 bits per heavy atom. The summed E-state index contributed by atoms with van der Waals surface area (Å²) in [6.45, 7) is 3.39. The molecule has 2 N–H and O–H groups in total. The summed E-state index contributed by atoms with van der Waals surface area (Å²) in [5.74, 6) is -0.836. The van der Waals surface area contributed by atoms with Gasteiger partial charge in [-0.1, -0.05) is 41.0 Å². The van der Waals surface area contributed by atoms with Gasteiger partial charge in [-0.2, -0.15) is 0 Å². The van der Waals surface area contributed by atoms with Gasteiger partial charge in [0.2, 0.25) is 17.5 Å². The van der Waals surface area contributed by atoms with Gasteiger partial charge in [0.05, 0.1) is 10.6 Å². The molecule has 1 aliphatic rings. The number of benzene rings is 2. The smallest absolute Gasteiger partial charge is 0.264 e. The fourth-order valence-corrected chi connectivity index (χ4v) is 4.29. The number of hydrogen-bond acceptors (Lipinski definition) is 7. The number of hydrogen-bond donors (Lipinski definition) is 2. The van der Waals surface area contributed by atoms with Crippen LogP contribution in [-0.4, -0.2) is 25.1 Å². The van der Waals surface area contributed by atoms with Crippen molar-refractivity contribution < 1.29 is 22.5 Å². The predicted octanol–water partition coefficient (Wildman–Crippen LogP) is 4.03. The lowest BCUT2D eigenvalue weighted by molar-refractivity contribution is 0.0982. The van der Waals surface area contributed by atoms with Gasteiger partial charge < -0.3 is 9.84 Å². The van der Waals surface area contributed by atoms with Crippen LogP contribution in [0.3, 0.4) is 0 Å². The summed E-state index contributed by atoms with van der Waals surface area (Å²) >= 11 is 6.14. The number of nitrogens with one attached hydrogen (secondary N) is 2. The first-order valence-electron chi connectivity index (χ1n) is 9.10. The topological polar surface area (TPSA) is 118 Å². The number of sulfonamides is 1. The fourth-order valence-electron chi connectivity index (χ4n) is 3.01. The number of nitrogens with zero attached hydrogens (tertiary/aromatic N) is 1. The normalized spacial score (nSPS) is 13.9. The maximum absolute atomic E-state index is 12.8. The van der Waals surface area contributed by atoms with E-state index in [9.17, 15) is 18.0 Å². The molecule has 0 amide bonds. The number of anilines is 2. The van der Waals surface area contributed by atoms with Crippen LogP contribution < -0.4 is 10.0 Å². The first kappa shape index (κ1) is 20.8. The van der Waals surface area contributed by atoms with Gasteiger partial charge in [-0.3, -0.25) is 9.59 Å². The van der Waals surface area contributed by atoms with E-state index in [1.165, 1.54) is 24.3 Å². The van der Waals surface area contributed by atoms with Crippen molar-refractivity contribution in [3.63, 3.8) is 0 Å². The van der Waals surface area contributed by atoms with Gasteiger partial charge in [-0.05, 0) is 38.1 Å². The van der Waals surface area contributed by atoms with Crippen molar-refractivity contribution in [2.45, 2.75) is 18.7 Å². The standard InChI is InChI=1S/C21H16ClN3O5S/c1-11-12(2)24-30-21(11)25-31(28,29)14-9-7-13(8-10-14)23-18-17(22)19(26)15-5-3-4-6-16(15)20(18)27/h3-10,23,25H,1-2H3. The zero-order valence-electron chi connectivity index (χ0n) is 16.4. The molecule has 0 bridgehead atoms. The molecule has 8 nitrogen and oxygen atoms in total. The van der Waals surface area contributed by atoms with E-state index in [1.807, 2.05) is 0 Å². The van der Waals surface area contributed by atoms with Crippen molar-refractivity contribution in [2.75, 3.05) is 10.0 Å². The zero-order chi connectivity index (χ0) is 22.3. The van der Waals surface area contributed by atoms with Gasteiger partial charge in [-0.25, -0.2) is 13.1 Å². The van der Waals surface area contributed by atoms with Crippen LogP contribution in [0, 0.1) is 13.8 Å². The molecule has 0 spiro atoms. The summed E-state index contributed by atoms with van der Waals surface area (Å²) in [4.78, 5) is 25.2. The molecule has 0 fully saturated rings. The molecule has 0 atom stereocenters. The Labute approximate surface area is 182 Å². The number of fused-ring (bicyclic) bond motifs is 1. The van der Waals surface area contributed by atoms with Crippen molar-refractivity contribution in [1.82, 2.24) is 5.16 Å². The zero-order valence-corrected chi connectivity index (χ0v) is 18.0. The molecule has 0 unspecified atom stereocenters. The molecular weight excluding hydrogens is 442 g/mol. The minimum absolute atomic E-state index is 0.0250. The van der Waals surface area contributed by atoms with Crippen molar-refractivity contribution in [3.05, 3.63) is 81.6 Å². The Kier molecular flexibility index (Phi) is 5.16. The van der Waals surface area contributed by atoms with Gasteiger partial charge >= 0.3 is 0 Å². The molecule has 1 aliphatic carbocycles. The number of carbonyl (C=O) groups is 2. The van der Waals surface area contributed by atoms with Crippen LogP contribution in [0.2, 0.25) is 0 Å². The maximum Gasteiger partial charge on any atom is 0.264 e. The summed E-state index contributed by atoms with van der Waals surface area (Å²) < 4.78 is 32.5. The van der Waals surface area contributed by atoms with Gasteiger partial charge in [0.25, 0.3) is 10.0 Å². The molecule has 0 aliphatic heterocycles. The molecule has 10 heteroatoms. The summed E-state index contributed by atoms with van der Waals surface area (Å²) in [5, 5.41) is 6.32. The second-order valence-corrected chi connectivity index (χ2v) is 8.93. The number of allylic oxidation sites excluding steroid dienone is 2. The molecule has 0 saturated carbocycles. The first-order chi connectivity index (χ1) is 14.7. The number of aryl methyl sites for hydroxylation is 1. The van der Waals surface area contributed by atoms with Crippen LogP contribution in [0.15, 0.2) is 68.7 Å². The third kappa shape index (κ3) is 3.73. The van der Waals surface area contributed by atoms with Crippen molar-refractivity contribution in [2.24, 2.45) is 0 Å². The molecule has 1 aromatic heterocycles. The van der Waals surface area contributed by atoms with Crippen LogP contribution >= 0.6 is 11.6 Å². The van der Waals surface area contributed by atoms with E-state index in [4.69, 9.17) is 16.1 Å². The predicted molar refractivity (Wildman–Crippen MR) is 115 cm³/mol. The number of Topliss-reactive ketones (excluding diaryl/α,β-unsaturated/α-hetero) is 2. The summed E-state index contributed by atoms with van der Waals surface area (Å²) in [5.41, 5.74) is 1.99. The summed E-state index contributed by atoms with van der Waals surface area (Å²) in [6.07, 6.45) is 0. The average Bonchev–Trinajstić information content (AvgIpc) is 3.07. The van der Waals surface area contributed by atoms with E-state index < -0.39 is 21.6 Å². The summed E-state index contributed by atoms with van der Waals surface area (Å²) in [7, 11) is -3.91. The Bertz CT molecular complexity index is 1360. The Morgan fingerprint density at radius 3 is 2.13 bits per heavy atom. The minimum atomic E-state index is -3.91. The molecule has 2 aromatic carbocycles. The van der Waals surface area contributed by atoms with Gasteiger partial charge in [0.15, 0.2) is 0 Å². The van der Waals surface area contributed by atoms with Crippen LogP contribution in [0.4, 0.5) is 11.6 Å². The highest BCUT2D eigenvalue weighted by molar-refractivity contribution is 7.92.